The highest BCUT2D eigenvalue weighted by Crippen LogP contribution is 2.27. The topological polar surface area (TPSA) is 42.0 Å². The van der Waals surface area contributed by atoms with Gasteiger partial charge in [0, 0.05) is 5.56 Å². The third-order valence-electron chi connectivity index (χ3n) is 3.12. The van der Waals surface area contributed by atoms with Crippen molar-refractivity contribution in [2.24, 2.45) is 0 Å². The highest BCUT2D eigenvalue weighted by molar-refractivity contribution is 7.18. The van der Waals surface area contributed by atoms with Gasteiger partial charge in [-0.05, 0) is 37.3 Å². The van der Waals surface area contributed by atoms with Crippen LogP contribution in [0.1, 0.15) is 28.3 Å². The molecular weight excluding hydrogens is 287 g/mol. The van der Waals surface area contributed by atoms with Crippen molar-refractivity contribution in [1.82, 2.24) is 10.3 Å². The van der Waals surface area contributed by atoms with Gasteiger partial charge in [0.1, 0.15) is 10.8 Å². The molecule has 3 rings (SSSR count). The van der Waals surface area contributed by atoms with E-state index in [4.69, 9.17) is 0 Å². The average Bonchev–Trinajstić information content (AvgIpc) is 2.91. The summed E-state index contributed by atoms with van der Waals surface area (Å²) in [6.45, 7) is 1.87. The van der Waals surface area contributed by atoms with Crippen molar-refractivity contribution in [3.05, 3.63) is 64.9 Å². The molecule has 3 aromatic rings. The number of rotatable bonds is 3. The van der Waals surface area contributed by atoms with Crippen LogP contribution in [0.25, 0.3) is 10.2 Å². The number of carbonyl (C=O) groups is 1. The van der Waals surface area contributed by atoms with Gasteiger partial charge in [0.2, 0.25) is 0 Å². The normalized spacial score (nSPS) is 12.3. The van der Waals surface area contributed by atoms with Crippen molar-refractivity contribution in [2.45, 2.75) is 13.0 Å². The van der Waals surface area contributed by atoms with E-state index in [2.05, 4.69) is 10.3 Å². The van der Waals surface area contributed by atoms with E-state index in [0.717, 1.165) is 15.2 Å². The summed E-state index contributed by atoms with van der Waals surface area (Å²) in [7, 11) is 0. The summed E-state index contributed by atoms with van der Waals surface area (Å²) in [4.78, 5) is 16.5. The van der Waals surface area contributed by atoms with Crippen LogP contribution in [0.5, 0.6) is 0 Å². The van der Waals surface area contributed by atoms with Crippen molar-refractivity contribution >= 4 is 27.5 Å². The lowest BCUT2D eigenvalue weighted by Gasteiger charge is -2.10. The molecule has 2 aromatic carbocycles. The molecule has 1 heterocycles. The predicted octanol–water partition coefficient (Wildman–Crippen LogP) is 3.93. The maximum Gasteiger partial charge on any atom is 0.251 e. The SMILES string of the molecule is CC(NC(=O)c1ccccc1)c1nc2ccc(F)cc2s1. The number of thiazole rings is 1. The Bertz CT molecular complexity index is 785. The summed E-state index contributed by atoms with van der Waals surface area (Å²) in [5, 5.41) is 3.67. The zero-order chi connectivity index (χ0) is 14.8. The van der Waals surface area contributed by atoms with Gasteiger partial charge in [-0.25, -0.2) is 9.37 Å². The van der Waals surface area contributed by atoms with Crippen molar-refractivity contribution in [1.29, 1.82) is 0 Å². The molecule has 1 N–H and O–H groups in total. The van der Waals surface area contributed by atoms with Crippen LogP contribution < -0.4 is 5.32 Å². The third-order valence-corrected chi connectivity index (χ3v) is 4.32. The number of nitrogens with one attached hydrogen (secondary N) is 1. The Balaban J connectivity index is 1.80. The molecular formula is C16H13FN2OS. The number of aromatic nitrogens is 1. The monoisotopic (exact) mass is 300 g/mol. The van der Waals surface area contributed by atoms with Crippen molar-refractivity contribution < 1.29 is 9.18 Å². The van der Waals surface area contributed by atoms with Gasteiger partial charge in [-0.1, -0.05) is 18.2 Å². The second-order valence-electron chi connectivity index (χ2n) is 4.73. The van der Waals surface area contributed by atoms with Crippen molar-refractivity contribution in [3.63, 3.8) is 0 Å². The Morgan fingerprint density at radius 1 is 1.24 bits per heavy atom. The van der Waals surface area contributed by atoms with E-state index in [1.165, 1.54) is 23.5 Å². The molecule has 0 bridgehead atoms. The van der Waals surface area contributed by atoms with E-state index < -0.39 is 0 Å². The smallest absolute Gasteiger partial charge is 0.251 e. The molecule has 3 nitrogen and oxygen atoms in total. The van der Waals surface area contributed by atoms with Gasteiger partial charge in [0.15, 0.2) is 0 Å². The Morgan fingerprint density at radius 2 is 2.00 bits per heavy atom. The first-order chi connectivity index (χ1) is 10.1. The molecule has 0 radical (unpaired) electrons. The van der Waals surface area contributed by atoms with E-state index >= 15 is 0 Å². The predicted molar refractivity (Wildman–Crippen MR) is 81.9 cm³/mol. The molecule has 0 fully saturated rings. The maximum atomic E-state index is 13.2. The molecule has 0 aliphatic carbocycles. The second kappa shape index (κ2) is 5.61. The average molecular weight is 300 g/mol. The number of halogens is 1. The van der Waals surface area contributed by atoms with Gasteiger partial charge in [-0.2, -0.15) is 0 Å². The molecule has 21 heavy (non-hydrogen) atoms. The largest absolute Gasteiger partial charge is 0.343 e. The molecule has 106 valence electrons. The highest BCUT2D eigenvalue weighted by Gasteiger charge is 2.15. The summed E-state index contributed by atoms with van der Waals surface area (Å²) < 4.78 is 14.0. The Labute approximate surface area is 125 Å². The van der Waals surface area contributed by atoms with Gasteiger partial charge in [0.05, 0.1) is 16.3 Å². The van der Waals surface area contributed by atoms with Crippen LogP contribution in [0.2, 0.25) is 0 Å². The number of amides is 1. The first-order valence-electron chi connectivity index (χ1n) is 6.55. The Hall–Kier alpha value is -2.27. The summed E-state index contributed by atoms with van der Waals surface area (Å²) in [5.41, 5.74) is 1.36. The van der Waals surface area contributed by atoms with Gasteiger partial charge in [-0.3, -0.25) is 4.79 Å². The van der Waals surface area contributed by atoms with Crippen LogP contribution in [0, 0.1) is 5.82 Å². The molecule has 5 heteroatoms. The van der Waals surface area contributed by atoms with Crippen LogP contribution in [0.4, 0.5) is 4.39 Å². The fourth-order valence-electron chi connectivity index (χ4n) is 2.03. The van der Waals surface area contributed by atoms with Crippen LogP contribution in [0.3, 0.4) is 0 Å². The van der Waals surface area contributed by atoms with Gasteiger partial charge in [0.25, 0.3) is 5.91 Å². The zero-order valence-corrected chi connectivity index (χ0v) is 12.2. The standard InChI is InChI=1S/C16H13FN2OS/c1-10(18-15(20)11-5-3-2-4-6-11)16-19-13-8-7-12(17)9-14(13)21-16/h2-10H,1H3,(H,18,20). The number of nitrogens with zero attached hydrogens (tertiary/aromatic N) is 1. The van der Waals surface area contributed by atoms with Crippen molar-refractivity contribution in [3.8, 4) is 0 Å². The number of carbonyl (C=O) groups excluding carboxylic acids is 1. The third kappa shape index (κ3) is 2.92. The first-order valence-corrected chi connectivity index (χ1v) is 7.37. The molecule has 0 saturated heterocycles. The quantitative estimate of drug-likeness (QED) is 0.796. The number of benzene rings is 2. The summed E-state index contributed by atoms with van der Waals surface area (Å²) in [6, 6.07) is 13.3. The fourth-order valence-corrected chi connectivity index (χ4v) is 3.03. The summed E-state index contributed by atoms with van der Waals surface area (Å²) in [6.07, 6.45) is 0. The minimum Gasteiger partial charge on any atom is -0.343 e. The van der Waals surface area contributed by atoms with Crippen LogP contribution in [-0.2, 0) is 0 Å². The molecule has 1 aromatic heterocycles. The van der Waals surface area contributed by atoms with E-state index in [1.807, 2.05) is 25.1 Å². The van der Waals surface area contributed by atoms with Gasteiger partial charge < -0.3 is 5.32 Å². The number of hydrogen-bond acceptors (Lipinski definition) is 3. The molecule has 1 atom stereocenters. The molecule has 1 unspecified atom stereocenters. The van der Waals surface area contributed by atoms with Crippen LogP contribution >= 0.6 is 11.3 Å². The van der Waals surface area contributed by atoms with E-state index in [9.17, 15) is 9.18 Å². The van der Waals surface area contributed by atoms with E-state index in [1.54, 1.807) is 18.2 Å². The van der Waals surface area contributed by atoms with Crippen LogP contribution in [0.15, 0.2) is 48.5 Å². The molecule has 0 spiro atoms. The lowest BCUT2D eigenvalue weighted by molar-refractivity contribution is 0.0940. The number of fused-ring (bicyclic) bond motifs is 1. The van der Waals surface area contributed by atoms with E-state index in [-0.39, 0.29) is 17.8 Å². The van der Waals surface area contributed by atoms with Gasteiger partial charge in [-0.15, -0.1) is 11.3 Å². The molecule has 0 aliphatic rings. The van der Waals surface area contributed by atoms with E-state index in [0.29, 0.717) is 5.56 Å². The summed E-state index contributed by atoms with van der Waals surface area (Å²) in [5.74, 6) is -0.424. The second-order valence-corrected chi connectivity index (χ2v) is 5.79. The van der Waals surface area contributed by atoms with Crippen molar-refractivity contribution in [2.75, 3.05) is 0 Å². The first kappa shape index (κ1) is 13.7. The minimum atomic E-state index is -0.279. The maximum absolute atomic E-state index is 13.2. The number of hydrogen-bond donors (Lipinski definition) is 1. The zero-order valence-electron chi connectivity index (χ0n) is 11.3. The fraction of sp³-hybridized carbons (Fsp3) is 0.125. The lowest BCUT2D eigenvalue weighted by atomic mass is 10.2. The summed E-state index contributed by atoms with van der Waals surface area (Å²) >= 11 is 1.39. The van der Waals surface area contributed by atoms with Gasteiger partial charge >= 0.3 is 0 Å². The van der Waals surface area contributed by atoms with Crippen LogP contribution in [-0.4, -0.2) is 10.9 Å². The molecule has 0 saturated carbocycles. The molecule has 0 aliphatic heterocycles. The molecule has 1 amide bonds. The Morgan fingerprint density at radius 3 is 2.76 bits per heavy atom. The lowest BCUT2D eigenvalue weighted by Crippen LogP contribution is -2.26. The minimum absolute atomic E-state index is 0.145. The Kier molecular flexibility index (Phi) is 3.66. The highest BCUT2D eigenvalue weighted by atomic mass is 32.1.